The summed E-state index contributed by atoms with van der Waals surface area (Å²) in [6.45, 7) is 2.66. The average Bonchev–Trinajstić information content (AvgIpc) is 2.30. The Morgan fingerprint density at radius 1 is 1.12 bits per heavy atom. The molecule has 0 aliphatic rings. The molecule has 0 heterocycles. The second kappa shape index (κ2) is 7.91. The van der Waals surface area contributed by atoms with E-state index in [0.717, 1.165) is 23.1 Å². The predicted octanol–water partition coefficient (Wildman–Crippen LogP) is 3.74. The maximum Gasteiger partial charge on any atom is 0.178 e. The minimum absolute atomic E-state index is 0.467. The summed E-state index contributed by atoms with van der Waals surface area (Å²) in [6, 6.07) is 9.85. The minimum atomic E-state index is 0.467. The van der Waals surface area contributed by atoms with Gasteiger partial charge in [-0.2, -0.15) is 0 Å². The monoisotopic (exact) mass is 219 g/mol. The summed E-state index contributed by atoms with van der Waals surface area (Å²) < 4.78 is 1.04. The molecule has 0 unspecified atom stereocenters. The van der Waals surface area contributed by atoms with Crippen LogP contribution < -0.4 is 0 Å². The van der Waals surface area contributed by atoms with Gasteiger partial charge < -0.3 is 5.21 Å². The van der Waals surface area contributed by atoms with Crippen LogP contribution in [0.4, 0.5) is 0 Å². The van der Waals surface area contributed by atoms with Crippen LogP contribution in [0.2, 0.25) is 0 Å². The molecule has 0 fully saturated rings. The van der Waals surface area contributed by atoms with Crippen molar-refractivity contribution in [2.45, 2.75) is 45.6 Å². The molecule has 0 atom stereocenters. The lowest BCUT2D eigenvalue weighted by Crippen LogP contribution is -2.04. The molecule has 0 spiro atoms. The van der Waals surface area contributed by atoms with Crippen LogP contribution in [-0.2, 0) is 6.54 Å². The lowest BCUT2D eigenvalue weighted by molar-refractivity contribution is -0.471. The highest BCUT2D eigenvalue weighted by Crippen LogP contribution is 2.02. The average molecular weight is 219 g/mol. The van der Waals surface area contributed by atoms with Crippen molar-refractivity contribution in [2.24, 2.45) is 0 Å². The Bertz CT molecular complexity index is 306. The summed E-state index contributed by atoms with van der Waals surface area (Å²) in [4.78, 5) is 0. The fourth-order valence-corrected chi connectivity index (χ4v) is 1.63. The van der Waals surface area contributed by atoms with Gasteiger partial charge in [0.05, 0.1) is 0 Å². The van der Waals surface area contributed by atoms with Gasteiger partial charge in [0.1, 0.15) is 0 Å². The third kappa shape index (κ3) is 5.54. The van der Waals surface area contributed by atoms with Crippen molar-refractivity contribution >= 4 is 6.21 Å². The van der Waals surface area contributed by atoms with Gasteiger partial charge in [0.2, 0.25) is 0 Å². The zero-order chi connectivity index (χ0) is 11.6. The smallest absolute Gasteiger partial charge is 0.178 e. The second-order valence-corrected chi connectivity index (χ2v) is 4.09. The first-order valence-electron chi connectivity index (χ1n) is 6.14. The number of hydroxylamine groups is 1. The zero-order valence-corrected chi connectivity index (χ0v) is 10.1. The lowest BCUT2D eigenvalue weighted by atomic mass is 10.2. The van der Waals surface area contributed by atoms with E-state index in [1.807, 2.05) is 30.3 Å². The Hall–Kier alpha value is -1.31. The third-order valence-electron chi connectivity index (χ3n) is 2.57. The standard InChI is InChI=1S/C14H21NO/c1-2-3-4-5-9-12-15(16)13-14-10-7-6-8-11-14/h6-8,10-12H,2-5,9,13H2,1H3/b15-12-. The van der Waals surface area contributed by atoms with Gasteiger partial charge in [0, 0.05) is 12.0 Å². The molecule has 0 saturated heterocycles. The third-order valence-corrected chi connectivity index (χ3v) is 2.57. The number of hydrogen-bond acceptors (Lipinski definition) is 1. The Morgan fingerprint density at radius 3 is 2.56 bits per heavy atom. The van der Waals surface area contributed by atoms with Crippen LogP contribution in [0.25, 0.3) is 0 Å². The first-order chi connectivity index (χ1) is 7.83. The summed E-state index contributed by atoms with van der Waals surface area (Å²) in [6.07, 6.45) is 7.53. The van der Waals surface area contributed by atoms with Gasteiger partial charge in [-0.05, 0) is 6.42 Å². The topological polar surface area (TPSA) is 26.1 Å². The molecule has 0 N–H and O–H groups in total. The van der Waals surface area contributed by atoms with Crippen molar-refractivity contribution in [1.82, 2.24) is 0 Å². The van der Waals surface area contributed by atoms with E-state index in [2.05, 4.69) is 6.92 Å². The SMILES string of the molecule is CCCCCC/C=[N+](\[O-])Cc1ccccc1. The van der Waals surface area contributed by atoms with E-state index in [0.29, 0.717) is 6.54 Å². The molecule has 0 aromatic heterocycles. The van der Waals surface area contributed by atoms with Crippen LogP contribution >= 0.6 is 0 Å². The van der Waals surface area contributed by atoms with Gasteiger partial charge in [-0.15, -0.1) is 0 Å². The van der Waals surface area contributed by atoms with Crippen LogP contribution in [0.5, 0.6) is 0 Å². The van der Waals surface area contributed by atoms with Crippen molar-refractivity contribution in [3.63, 3.8) is 0 Å². The van der Waals surface area contributed by atoms with Crippen molar-refractivity contribution in [1.29, 1.82) is 0 Å². The number of rotatable bonds is 7. The molecular weight excluding hydrogens is 198 g/mol. The number of unbranched alkanes of at least 4 members (excludes halogenated alkanes) is 4. The fraction of sp³-hybridized carbons (Fsp3) is 0.500. The summed E-state index contributed by atoms with van der Waals surface area (Å²) in [5.41, 5.74) is 1.07. The predicted molar refractivity (Wildman–Crippen MR) is 68.6 cm³/mol. The minimum Gasteiger partial charge on any atom is -0.624 e. The number of nitrogens with zero attached hydrogens (tertiary/aromatic N) is 1. The van der Waals surface area contributed by atoms with E-state index in [-0.39, 0.29) is 0 Å². The molecule has 0 aliphatic heterocycles. The summed E-state index contributed by atoms with van der Waals surface area (Å²) in [7, 11) is 0. The molecule has 88 valence electrons. The molecule has 1 aromatic carbocycles. The largest absolute Gasteiger partial charge is 0.624 e. The Kier molecular flexibility index (Phi) is 6.31. The zero-order valence-electron chi connectivity index (χ0n) is 10.1. The van der Waals surface area contributed by atoms with Crippen molar-refractivity contribution < 1.29 is 4.74 Å². The molecule has 2 heteroatoms. The van der Waals surface area contributed by atoms with Gasteiger partial charge in [-0.25, -0.2) is 4.74 Å². The fourth-order valence-electron chi connectivity index (χ4n) is 1.63. The van der Waals surface area contributed by atoms with Gasteiger partial charge >= 0.3 is 0 Å². The molecule has 16 heavy (non-hydrogen) atoms. The molecule has 0 saturated carbocycles. The molecular formula is C14H21NO. The number of hydrogen-bond donors (Lipinski definition) is 0. The van der Waals surface area contributed by atoms with E-state index >= 15 is 0 Å². The molecule has 2 nitrogen and oxygen atoms in total. The Morgan fingerprint density at radius 2 is 1.88 bits per heavy atom. The Labute approximate surface area is 98.2 Å². The highest BCUT2D eigenvalue weighted by molar-refractivity contribution is 5.51. The lowest BCUT2D eigenvalue weighted by Gasteiger charge is -2.03. The van der Waals surface area contributed by atoms with Crippen LogP contribution in [0.1, 0.15) is 44.6 Å². The molecule has 0 radical (unpaired) electrons. The van der Waals surface area contributed by atoms with Crippen LogP contribution in [0.3, 0.4) is 0 Å². The maximum absolute atomic E-state index is 11.5. The molecule has 0 amide bonds. The maximum atomic E-state index is 11.5. The summed E-state index contributed by atoms with van der Waals surface area (Å²) in [5.74, 6) is 0. The molecule has 0 aliphatic carbocycles. The molecule has 1 aromatic rings. The van der Waals surface area contributed by atoms with Crippen LogP contribution in [-0.4, -0.2) is 11.0 Å². The van der Waals surface area contributed by atoms with Crippen molar-refractivity contribution in [3.8, 4) is 0 Å². The highest BCUT2D eigenvalue weighted by Gasteiger charge is 1.96. The van der Waals surface area contributed by atoms with E-state index < -0.39 is 0 Å². The molecule has 0 bridgehead atoms. The second-order valence-electron chi connectivity index (χ2n) is 4.09. The normalized spacial score (nSPS) is 11.7. The van der Waals surface area contributed by atoms with Gasteiger partial charge in [-0.3, -0.25) is 0 Å². The molecule has 1 rings (SSSR count). The number of benzene rings is 1. The quantitative estimate of drug-likeness (QED) is 0.225. The van der Waals surface area contributed by atoms with Gasteiger partial charge in [0.25, 0.3) is 0 Å². The van der Waals surface area contributed by atoms with Crippen LogP contribution in [0, 0.1) is 5.21 Å². The van der Waals surface area contributed by atoms with Gasteiger partial charge in [-0.1, -0.05) is 56.5 Å². The van der Waals surface area contributed by atoms with E-state index in [1.165, 1.54) is 19.3 Å². The van der Waals surface area contributed by atoms with Crippen molar-refractivity contribution in [3.05, 3.63) is 41.1 Å². The summed E-state index contributed by atoms with van der Waals surface area (Å²) >= 11 is 0. The Balaban J connectivity index is 2.24. The van der Waals surface area contributed by atoms with E-state index in [9.17, 15) is 5.21 Å². The van der Waals surface area contributed by atoms with E-state index in [4.69, 9.17) is 0 Å². The van der Waals surface area contributed by atoms with E-state index in [1.54, 1.807) is 6.21 Å². The van der Waals surface area contributed by atoms with Gasteiger partial charge in [0.15, 0.2) is 12.8 Å². The first kappa shape index (κ1) is 12.8. The highest BCUT2D eigenvalue weighted by atomic mass is 16.5. The van der Waals surface area contributed by atoms with Crippen molar-refractivity contribution in [2.75, 3.05) is 0 Å². The first-order valence-corrected chi connectivity index (χ1v) is 6.14. The van der Waals surface area contributed by atoms with Crippen LogP contribution in [0.15, 0.2) is 30.3 Å². The summed E-state index contributed by atoms with van der Waals surface area (Å²) in [5, 5.41) is 11.5.